The van der Waals surface area contributed by atoms with E-state index in [1.54, 1.807) is 6.92 Å². The van der Waals surface area contributed by atoms with Gasteiger partial charge in [0.05, 0.1) is 0 Å². The molecule has 1 aromatic carbocycles. The zero-order valence-electron chi connectivity index (χ0n) is 8.69. The minimum absolute atomic E-state index is 0.0137. The molecule has 2 rings (SSSR count). The van der Waals surface area contributed by atoms with Crippen molar-refractivity contribution in [1.82, 2.24) is 0 Å². The second-order valence-corrected chi connectivity index (χ2v) is 4.49. The molecule has 0 saturated heterocycles. The third-order valence-corrected chi connectivity index (χ3v) is 3.22. The lowest BCUT2D eigenvalue weighted by molar-refractivity contribution is 0.209. The zero-order chi connectivity index (χ0) is 11.1. The van der Waals surface area contributed by atoms with E-state index in [1.165, 1.54) is 12.1 Å². The van der Waals surface area contributed by atoms with Crippen LogP contribution in [0.2, 0.25) is 0 Å². The fourth-order valence-electron chi connectivity index (χ4n) is 1.82. The van der Waals surface area contributed by atoms with Crippen molar-refractivity contribution >= 4 is 0 Å². The van der Waals surface area contributed by atoms with Gasteiger partial charge in [0.2, 0.25) is 0 Å². The normalized spacial score (nSPS) is 17.9. The van der Waals surface area contributed by atoms with Crippen LogP contribution < -0.4 is 0 Å². The second-order valence-electron chi connectivity index (χ2n) is 4.49. The van der Waals surface area contributed by atoms with Gasteiger partial charge in [0.1, 0.15) is 11.6 Å². The summed E-state index contributed by atoms with van der Waals surface area (Å²) in [6, 6.07) is 2.73. The van der Waals surface area contributed by atoms with Crippen molar-refractivity contribution in [2.24, 2.45) is 5.41 Å². The van der Waals surface area contributed by atoms with Crippen LogP contribution in [0.25, 0.3) is 0 Å². The minimum atomic E-state index is -0.502. The third-order valence-electron chi connectivity index (χ3n) is 3.22. The molecule has 1 aliphatic rings. The highest BCUT2D eigenvalue weighted by Crippen LogP contribution is 2.48. The molecule has 1 fully saturated rings. The summed E-state index contributed by atoms with van der Waals surface area (Å²) < 4.78 is 27.0. The first kappa shape index (κ1) is 10.6. The maximum atomic E-state index is 13.6. The van der Waals surface area contributed by atoms with Gasteiger partial charge in [-0.05, 0) is 43.2 Å². The molecule has 1 saturated carbocycles. The number of hydrogen-bond acceptors (Lipinski definition) is 1. The molecule has 1 nitrogen and oxygen atoms in total. The maximum absolute atomic E-state index is 13.6. The Balaban J connectivity index is 2.31. The molecule has 1 aliphatic carbocycles. The summed E-state index contributed by atoms with van der Waals surface area (Å²) >= 11 is 0. The molecule has 0 radical (unpaired) electrons. The summed E-state index contributed by atoms with van der Waals surface area (Å²) in [6.07, 6.45) is 2.02. The van der Waals surface area contributed by atoms with E-state index >= 15 is 0 Å². The molecular formula is C12H14F2O. The van der Waals surface area contributed by atoms with Gasteiger partial charge in [0, 0.05) is 12.2 Å². The highest BCUT2D eigenvalue weighted by Gasteiger charge is 2.43. The molecule has 15 heavy (non-hydrogen) atoms. The number of benzene rings is 1. The summed E-state index contributed by atoms with van der Waals surface area (Å²) in [7, 11) is 0. The monoisotopic (exact) mass is 212 g/mol. The van der Waals surface area contributed by atoms with Gasteiger partial charge < -0.3 is 5.11 Å². The van der Waals surface area contributed by atoms with Gasteiger partial charge in [-0.25, -0.2) is 8.78 Å². The Morgan fingerprint density at radius 1 is 1.33 bits per heavy atom. The second kappa shape index (κ2) is 3.56. The third kappa shape index (κ3) is 1.88. The van der Waals surface area contributed by atoms with Crippen LogP contribution in [-0.2, 0) is 6.42 Å². The van der Waals surface area contributed by atoms with Gasteiger partial charge in [0.25, 0.3) is 0 Å². The molecule has 0 spiro atoms. The number of aryl methyl sites for hydroxylation is 1. The quantitative estimate of drug-likeness (QED) is 0.816. The number of aliphatic hydroxyl groups is 1. The van der Waals surface area contributed by atoms with Gasteiger partial charge in [-0.2, -0.15) is 0 Å². The van der Waals surface area contributed by atoms with Gasteiger partial charge in [-0.1, -0.05) is 6.07 Å². The van der Waals surface area contributed by atoms with E-state index < -0.39 is 11.6 Å². The van der Waals surface area contributed by atoms with Crippen molar-refractivity contribution in [1.29, 1.82) is 0 Å². The van der Waals surface area contributed by atoms with Crippen LogP contribution in [0, 0.1) is 24.0 Å². The molecule has 0 bridgehead atoms. The van der Waals surface area contributed by atoms with Crippen molar-refractivity contribution in [3.63, 3.8) is 0 Å². The Labute approximate surface area is 87.7 Å². The first-order valence-corrected chi connectivity index (χ1v) is 5.12. The van der Waals surface area contributed by atoms with Gasteiger partial charge in [-0.3, -0.25) is 0 Å². The highest BCUT2D eigenvalue weighted by molar-refractivity contribution is 5.28. The molecule has 0 aromatic heterocycles. The first-order valence-electron chi connectivity index (χ1n) is 5.12. The van der Waals surface area contributed by atoms with Crippen molar-refractivity contribution in [3.05, 3.63) is 34.9 Å². The molecule has 0 atom stereocenters. The lowest BCUT2D eigenvalue weighted by atomic mass is 9.95. The maximum Gasteiger partial charge on any atom is 0.132 e. The van der Waals surface area contributed by atoms with Crippen molar-refractivity contribution in [2.75, 3.05) is 6.61 Å². The summed E-state index contributed by atoms with van der Waals surface area (Å²) in [5.41, 5.74) is 0.330. The highest BCUT2D eigenvalue weighted by atomic mass is 19.1. The Kier molecular flexibility index (Phi) is 2.51. The van der Waals surface area contributed by atoms with Crippen LogP contribution in [0.4, 0.5) is 8.78 Å². The van der Waals surface area contributed by atoms with Gasteiger partial charge in [-0.15, -0.1) is 0 Å². The predicted molar refractivity (Wildman–Crippen MR) is 53.6 cm³/mol. The molecule has 1 aromatic rings. The van der Waals surface area contributed by atoms with Crippen molar-refractivity contribution in [2.45, 2.75) is 26.2 Å². The van der Waals surface area contributed by atoms with E-state index in [0.29, 0.717) is 12.0 Å². The first-order chi connectivity index (χ1) is 7.08. The van der Waals surface area contributed by atoms with Gasteiger partial charge in [0.15, 0.2) is 0 Å². The molecule has 0 aliphatic heterocycles. The Morgan fingerprint density at radius 2 is 2.00 bits per heavy atom. The smallest absolute Gasteiger partial charge is 0.132 e. The molecule has 0 unspecified atom stereocenters. The lowest BCUT2D eigenvalue weighted by Crippen LogP contribution is -2.13. The van der Waals surface area contributed by atoms with E-state index in [9.17, 15) is 8.78 Å². The molecule has 82 valence electrons. The fraction of sp³-hybridized carbons (Fsp3) is 0.500. The van der Waals surface area contributed by atoms with Crippen LogP contribution in [0.5, 0.6) is 0 Å². The molecule has 1 N–H and O–H groups in total. The van der Waals surface area contributed by atoms with Crippen LogP contribution in [0.3, 0.4) is 0 Å². The van der Waals surface area contributed by atoms with Crippen LogP contribution in [0.15, 0.2) is 12.1 Å². The van der Waals surface area contributed by atoms with Gasteiger partial charge >= 0.3 is 0 Å². The van der Waals surface area contributed by atoms with Crippen LogP contribution >= 0.6 is 0 Å². The van der Waals surface area contributed by atoms with E-state index in [-0.39, 0.29) is 17.6 Å². The summed E-state index contributed by atoms with van der Waals surface area (Å²) in [4.78, 5) is 0. The number of aliphatic hydroxyl groups excluding tert-OH is 1. The summed E-state index contributed by atoms with van der Waals surface area (Å²) in [5.74, 6) is -0.965. The Hall–Kier alpha value is -0.960. The molecule has 0 heterocycles. The minimum Gasteiger partial charge on any atom is -0.396 e. The number of halogens is 2. The van der Waals surface area contributed by atoms with E-state index in [4.69, 9.17) is 5.11 Å². The van der Waals surface area contributed by atoms with Crippen molar-refractivity contribution < 1.29 is 13.9 Å². The standard InChI is InChI=1S/C12H14F2O/c1-8-2-3-10(13)9(11(8)14)6-12(7-15)4-5-12/h2-3,15H,4-7H2,1H3. The van der Waals surface area contributed by atoms with E-state index in [0.717, 1.165) is 12.8 Å². The Bertz CT molecular complexity index is 383. The lowest BCUT2D eigenvalue weighted by Gasteiger charge is -2.13. The molecular weight excluding hydrogens is 198 g/mol. The van der Waals surface area contributed by atoms with Crippen LogP contribution in [0.1, 0.15) is 24.0 Å². The average Bonchev–Trinajstić information content (AvgIpc) is 3.00. The number of rotatable bonds is 3. The largest absolute Gasteiger partial charge is 0.396 e. The van der Waals surface area contributed by atoms with E-state index in [1.807, 2.05) is 0 Å². The van der Waals surface area contributed by atoms with Crippen LogP contribution in [-0.4, -0.2) is 11.7 Å². The zero-order valence-corrected chi connectivity index (χ0v) is 8.69. The van der Waals surface area contributed by atoms with Crippen molar-refractivity contribution in [3.8, 4) is 0 Å². The SMILES string of the molecule is Cc1ccc(F)c(CC2(CO)CC2)c1F. The molecule has 3 heteroatoms. The topological polar surface area (TPSA) is 20.2 Å². The molecule has 0 amide bonds. The van der Waals surface area contributed by atoms with E-state index in [2.05, 4.69) is 0 Å². The fourth-order valence-corrected chi connectivity index (χ4v) is 1.82. The Morgan fingerprint density at radius 3 is 2.53 bits per heavy atom. The summed E-state index contributed by atoms with van der Waals surface area (Å²) in [6.45, 7) is 1.64. The predicted octanol–water partition coefficient (Wildman–Crippen LogP) is 2.59. The average molecular weight is 212 g/mol. The summed E-state index contributed by atoms with van der Waals surface area (Å²) in [5, 5.41) is 9.12. The number of hydrogen-bond donors (Lipinski definition) is 1.